The summed E-state index contributed by atoms with van der Waals surface area (Å²) in [6.45, 7) is 5.65. The SMILES string of the molecule is Cc1nn(C)c(C(=O)N2CCCC(C)C2)c1N. The van der Waals surface area contributed by atoms with Gasteiger partial charge < -0.3 is 10.6 Å². The molecule has 2 heterocycles. The summed E-state index contributed by atoms with van der Waals surface area (Å²) in [5.74, 6) is 0.584. The van der Waals surface area contributed by atoms with E-state index in [1.807, 2.05) is 11.8 Å². The first-order valence-electron chi connectivity index (χ1n) is 6.09. The van der Waals surface area contributed by atoms with Crippen molar-refractivity contribution in [1.82, 2.24) is 14.7 Å². The molecule has 1 fully saturated rings. The largest absolute Gasteiger partial charge is 0.395 e. The number of likely N-dealkylation sites (tertiary alicyclic amines) is 1. The summed E-state index contributed by atoms with van der Waals surface area (Å²) in [7, 11) is 1.77. The zero-order valence-electron chi connectivity index (χ0n) is 10.7. The fourth-order valence-corrected chi connectivity index (χ4v) is 2.45. The molecule has 1 aliphatic heterocycles. The topological polar surface area (TPSA) is 64.2 Å². The molecular weight excluding hydrogens is 216 g/mol. The van der Waals surface area contributed by atoms with Crippen LogP contribution in [0.5, 0.6) is 0 Å². The number of piperidine rings is 1. The molecule has 0 aliphatic carbocycles. The zero-order chi connectivity index (χ0) is 12.6. The third kappa shape index (κ3) is 2.14. The van der Waals surface area contributed by atoms with Gasteiger partial charge in [-0.05, 0) is 25.7 Å². The predicted molar refractivity (Wildman–Crippen MR) is 66.7 cm³/mol. The van der Waals surface area contributed by atoms with Crippen molar-refractivity contribution in [3.63, 3.8) is 0 Å². The van der Waals surface area contributed by atoms with E-state index in [0.29, 0.717) is 17.3 Å². The summed E-state index contributed by atoms with van der Waals surface area (Å²) < 4.78 is 1.59. The van der Waals surface area contributed by atoms with Gasteiger partial charge in [0.2, 0.25) is 0 Å². The van der Waals surface area contributed by atoms with Gasteiger partial charge in [0, 0.05) is 20.1 Å². The van der Waals surface area contributed by atoms with Crippen LogP contribution in [0.15, 0.2) is 0 Å². The number of aromatic nitrogens is 2. The van der Waals surface area contributed by atoms with E-state index in [-0.39, 0.29) is 5.91 Å². The van der Waals surface area contributed by atoms with Crippen LogP contribution >= 0.6 is 0 Å². The molecule has 0 saturated carbocycles. The van der Waals surface area contributed by atoms with Crippen molar-refractivity contribution < 1.29 is 4.79 Å². The first kappa shape index (κ1) is 12.0. The number of nitrogens with two attached hydrogens (primary N) is 1. The number of carbonyl (C=O) groups excluding carboxylic acids is 1. The van der Waals surface area contributed by atoms with Crippen LogP contribution in [0, 0.1) is 12.8 Å². The number of amides is 1. The Morgan fingerprint density at radius 2 is 2.24 bits per heavy atom. The van der Waals surface area contributed by atoms with E-state index in [1.165, 1.54) is 6.42 Å². The third-order valence-electron chi connectivity index (χ3n) is 3.42. The van der Waals surface area contributed by atoms with Crippen molar-refractivity contribution in [2.24, 2.45) is 13.0 Å². The minimum Gasteiger partial charge on any atom is -0.395 e. The molecule has 1 amide bonds. The number of hydrogen-bond acceptors (Lipinski definition) is 3. The summed E-state index contributed by atoms with van der Waals surface area (Å²) >= 11 is 0. The van der Waals surface area contributed by atoms with Crippen molar-refractivity contribution in [2.45, 2.75) is 26.7 Å². The smallest absolute Gasteiger partial charge is 0.274 e. The van der Waals surface area contributed by atoms with Gasteiger partial charge in [-0.3, -0.25) is 9.48 Å². The highest BCUT2D eigenvalue weighted by atomic mass is 16.2. The molecule has 1 saturated heterocycles. The molecule has 1 aromatic heterocycles. The van der Waals surface area contributed by atoms with Gasteiger partial charge >= 0.3 is 0 Å². The van der Waals surface area contributed by atoms with E-state index < -0.39 is 0 Å². The summed E-state index contributed by atoms with van der Waals surface area (Å²) in [4.78, 5) is 14.3. The number of carbonyl (C=O) groups is 1. The fraction of sp³-hybridized carbons (Fsp3) is 0.667. The van der Waals surface area contributed by atoms with Crippen molar-refractivity contribution in [3.05, 3.63) is 11.4 Å². The molecule has 94 valence electrons. The first-order chi connectivity index (χ1) is 8.00. The lowest BCUT2D eigenvalue weighted by molar-refractivity contribution is 0.0673. The Hall–Kier alpha value is -1.52. The van der Waals surface area contributed by atoms with E-state index in [2.05, 4.69) is 12.0 Å². The van der Waals surface area contributed by atoms with Crippen LogP contribution in [-0.4, -0.2) is 33.7 Å². The van der Waals surface area contributed by atoms with Crippen LogP contribution in [0.4, 0.5) is 5.69 Å². The third-order valence-corrected chi connectivity index (χ3v) is 3.42. The summed E-state index contributed by atoms with van der Waals surface area (Å²) in [5.41, 5.74) is 7.67. The molecule has 1 atom stereocenters. The molecule has 0 spiro atoms. The van der Waals surface area contributed by atoms with Gasteiger partial charge in [0.15, 0.2) is 0 Å². The van der Waals surface area contributed by atoms with Crippen LogP contribution in [-0.2, 0) is 7.05 Å². The molecular formula is C12H20N4O. The molecule has 5 heteroatoms. The fourth-order valence-electron chi connectivity index (χ4n) is 2.45. The van der Waals surface area contributed by atoms with Gasteiger partial charge in [-0.25, -0.2) is 0 Å². The Morgan fingerprint density at radius 1 is 1.53 bits per heavy atom. The Kier molecular flexibility index (Phi) is 3.09. The maximum atomic E-state index is 12.4. The summed E-state index contributed by atoms with van der Waals surface area (Å²) in [6, 6.07) is 0. The van der Waals surface area contributed by atoms with Crippen molar-refractivity contribution in [2.75, 3.05) is 18.8 Å². The molecule has 0 bridgehead atoms. The average molecular weight is 236 g/mol. The van der Waals surface area contributed by atoms with Crippen LogP contribution in [0.3, 0.4) is 0 Å². The van der Waals surface area contributed by atoms with E-state index in [9.17, 15) is 4.79 Å². The van der Waals surface area contributed by atoms with Crippen LogP contribution in [0.2, 0.25) is 0 Å². The quantitative estimate of drug-likeness (QED) is 0.796. The normalized spacial score (nSPS) is 20.6. The lowest BCUT2D eigenvalue weighted by atomic mass is 10.00. The monoisotopic (exact) mass is 236 g/mol. The molecule has 0 radical (unpaired) electrons. The van der Waals surface area contributed by atoms with Crippen LogP contribution in [0.25, 0.3) is 0 Å². The molecule has 2 rings (SSSR count). The highest BCUT2D eigenvalue weighted by Crippen LogP contribution is 2.21. The molecule has 1 aromatic rings. The average Bonchev–Trinajstić information content (AvgIpc) is 2.52. The second-order valence-electron chi connectivity index (χ2n) is 4.97. The highest BCUT2D eigenvalue weighted by molar-refractivity contribution is 5.98. The van der Waals surface area contributed by atoms with Gasteiger partial charge in [0.25, 0.3) is 5.91 Å². The Bertz CT molecular complexity index is 438. The Morgan fingerprint density at radius 3 is 2.76 bits per heavy atom. The molecule has 17 heavy (non-hydrogen) atoms. The van der Waals surface area contributed by atoms with Gasteiger partial charge in [-0.15, -0.1) is 0 Å². The molecule has 1 unspecified atom stereocenters. The minimum absolute atomic E-state index is 0.0113. The van der Waals surface area contributed by atoms with Crippen LogP contribution < -0.4 is 5.73 Å². The van der Waals surface area contributed by atoms with Crippen LogP contribution in [0.1, 0.15) is 35.9 Å². The predicted octanol–water partition coefficient (Wildman–Crippen LogP) is 1.18. The summed E-state index contributed by atoms with van der Waals surface area (Å²) in [5, 5.41) is 4.19. The second kappa shape index (κ2) is 4.39. The van der Waals surface area contributed by atoms with Gasteiger partial charge in [0.05, 0.1) is 11.4 Å². The Balaban J connectivity index is 2.24. The van der Waals surface area contributed by atoms with Crippen molar-refractivity contribution >= 4 is 11.6 Å². The number of rotatable bonds is 1. The second-order valence-corrected chi connectivity index (χ2v) is 4.97. The lowest BCUT2D eigenvalue weighted by Crippen LogP contribution is -2.40. The Labute approximate surface area is 102 Å². The van der Waals surface area contributed by atoms with Crippen molar-refractivity contribution in [3.8, 4) is 0 Å². The number of hydrogen-bond donors (Lipinski definition) is 1. The van der Waals surface area contributed by atoms with Crippen molar-refractivity contribution in [1.29, 1.82) is 0 Å². The number of anilines is 1. The van der Waals surface area contributed by atoms with E-state index in [0.717, 1.165) is 25.2 Å². The minimum atomic E-state index is 0.0113. The van der Waals surface area contributed by atoms with E-state index in [4.69, 9.17) is 5.73 Å². The lowest BCUT2D eigenvalue weighted by Gasteiger charge is -2.30. The first-order valence-corrected chi connectivity index (χ1v) is 6.09. The number of aryl methyl sites for hydroxylation is 2. The van der Waals surface area contributed by atoms with E-state index >= 15 is 0 Å². The van der Waals surface area contributed by atoms with Gasteiger partial charge in [-0.1, -0.05) is 6.92 Å². The maximum Gasteiger partial charge on any atom is 0.274 e. The molecule has 1 aliphatic rings. The zero-order valence-corrected chi connectivity index (χ0v) is 10.7. The standard InChI is InChI=1S/C12H20N4O/c1-8-5-4-6-16(7-8)12(17)11-10(13)9(2)14-15(11)3/h8H,4-7,13H2,1-3H3. The number of nitrogens with zero attached hydrogens (tertiary/aromatic N) is 3. The molecule has 2 N–H and O–H groups in total. The highest BCUT2D eigenvalue weighted by Gasteiger charge is 2.26. The maximum absolute atomic E-state index is 12.4. The number of nitrogen functional groups attached to an aromatic ring is 1. The van der Waals surface area contributed by atoms with E-state index in [1.54, 1.807) is 11.7 Å². The molecule has 5 nitrogen and oxygen atoms in total. The van der Waals surface area contributed by atoms with Gasteiger partial charge in [0.1, 0.15) is 5.69 Å². The summed E-state index contributed by atoms with van der Waals surface area (Å²) in [6.07, 6.45) is 2.27. The molecule has 0 aromatic carbocycles. The van der Waals surface area contributed by atoms with Gasteiger partial charge in [-0.2, -0.15) is 5.10 Å².